The summed E-state index contributed by atoms with van der Waals surface area (Å²) in [6.45, 7) is 3.81. The second-order valence-corrected chi connectivity index (χ2v) is 7.12. The highest BCUT2D eigenvalue weighted by atomic mass is 16.2. The quantitative estimate of drug-likeness (QED) is 0.935. The van der Waals surface area contributed by atoms with Gasteiger partial charge in [-0.1, -0.05) is 0 Å². The summed E-state index contributed by atoms with van der Waals surface area (Å²) in [5.41, 5.74) is 3.56. The van der Waals surface area contributed by atoms with Crippen LogP contribution in [0.1, 0.15) is 29.8 Å². The maximum atomic E-state index is 12.5. The Kier molecular flexibility index (Phi) is 4.03. The summed E-state index contributed by atoms with van der Waals surface area (Å²) < 4.78 is 0. The summed E-state index contributed by atoms with van der Waals surface area (Å²) in [5, 5.41) is 2.92. The van der Waals surface area contributed by atoms with Crippen LogP contribution in [0.2, 0.25) is 0 Å². The second-order valence-electron chi connectivity index (χ2n) is 7.12. The standard InChI is InChI=1S/C20H23N3O2/c1-20(2)16-12-14(8-11-17(16)23(5)19(20)25)21-18(24)13-6-9-15(10-7-13)22(3)4/h6-12H,1-5H3,(H,21,24). The van der Waals surface area contributed by atoms with Gasteiger partial charge < -0.3 is 15.1 Å². The number of fused-ring (bicyclic) bond motifs is 1. The third kappa shape index (κ3) is 2.86. The molecular weight excluding hydrogens is 314 g/mol. The molecule has 0 spiro atoms. The highest BCUT2D eigenvalue weighted by molar-refractivity contribution is 6.09. The van der Waals surface area contributed by atoms with E-state index in [9.17, 15) is 9.59 Å². The minimum Gasteiger partial charge on any atom is -0.378 e. The van der Waals surface area contributed by atoms with Crippen molar-refractivity contribution in [3.63, 3.8) is 0 Å². The highest BCUT2D eigenvalue weighted by Gasteiger charge is 2.42. The van der Waals surface area contributed by atoms with Gasteiger partial charge in [-0.3, -0.25) is 9.59 Å². The molecule has 0 saturated carbocycles. The number of hydrogen-bond acceptors (Lipinski definition) is 3. The van der Waals surface area contributed by atoms with Gasteiger partial charge in [-0.05, 0) is 61.9 Å². The molecule has 0 aromatic heterocycles. The zero-order valence-electron chi connectivity index (χ0n) is 15.3. The minimum atomic E-state index is -0.585. The van der Waals surface area contributed by atoms with Crippen LogP contribution in [-0.4, -0.2) is 33.0 Å². The molecule has 0 bridgehead atoms. The van der Waals surface area contributed by atoms with Gasteiger partial charge in [0.1, 0.15) is 0 Å². The molecule has 1 aliphatic heterocycles. The average Bonchev–Trinajstić information content (AvgIpc) is 2.76. The summed E-state index contributed by atoms with van der Waals surface area (Å²) >= 11 is 0. The fourth-order valence-electron chi connectivity index (χ4n) is 3.16. The predicted molar refractivity (Wildman–Crippen MR) is 102 cm³/mol. The molecule has 0 unspecified atom stereocenters. The number of hydrogen-bond donors (Lipinski definition) is 1. The van der Waals surface area contributed by atoms with Gasteiger partial charge in [0.2, 0.25) is 5.91 Å². The van der Waals surface area contributed by atoms with Crippen molar-refractivity contribution in [3.05, 3.63) is 53.6 Å². The lowest BCUT2D eigenvalue weighted by molar-refractivity contribution is -0.121. The van der Waals surface area contributed by atoms with Crippen LogP contribution in [0, 0.1) is 0 Å². The zero-order valence-corrected chi connectivity index (χ0v) is 15.3. The largest absolute Gasteiger partial charge is 0.378 e. The molecule has 2 amide bonds. The molecule has 5 nitrogen and oxygen atoms in total. The fourth-order valence-corrected chi connectivity index (χ4v) is 3.16. The Balaban J connectivity index is 1.84. The van der Waals surface area contributed by atoms with Crippen molar-refractivity contribution in [1.82, 2.24) is 0 Å². The van der Waals surface area contributed by atoms with Crippen molar-refractivity contribution in [1.29, 1.82) is 0 Å². The van der Waals surface area contributed by atoms with Crippen LogP contribution in [0.3, 0.4) is 0 Å². The Morgan fingerprint density at radius 3 is 2.32 bits per heavy atom. The molecule has 0 fully saturated rings. The van der Waals surface area contributed by atoms with Gasteiger partial charge in [-0.15, -0.1) is 0 Å². The van der Waals surface area contributed by atoms with E-state index in [4.69, 9.17) is 0 Å². The first-order valence-corrected chi connectivity index (χ1v) is 8.23. The van der Waals surface area contributed by atoms with Crippen molar-refractivity contribution >= 4 is 28.9 Å². The first kappa shape index (κ1) is 17.0. The molecule has 0 aliphatic carbocycles. The lowest BCUT2D eigenvalue weighted by atomic mass is 9.86. The third-order valence-corrected chi connectivity index (χ3v) is 4.77. The Bertz CT molecular complexity index is 839. The van der Waals surface area contributed by atoms with Crippen molar-refractivity contribution in [2.24, 2.45) is 0 Å². The average molecular weight is 337 g/mol. The lowest BCUT2D eigenvalue weighted by Crippen LogP contribution is -2.33. The van der Waals surface area contributed by atoms with E-state index in [0.29, 0.717) is 11.3 Å². The van der Waals surface area contributed by atoms with E-state index in [1.54, 1.807) is 24.1 Å². The Labute approximate surface area is 148 Å². The third-order valence-electron chi connectivity index (χ3n) is 4.77. The number of likely N-dealkylation sites (N-methyl/N-ethyl adjacent to an activating group) is 1. The van der Waals surface area contributed by atoms with E-state index in [2.05, 4.69) is 5.32 Å². The van der Waals surface area contributed by atoms with Crippen LogP contribution in [-0.2, 0) is 10.2 Å². The van der Waals surface area contributed by atoms with Crippen LogP contribution >= 0.6 is 0 Å². The van der Waals surface area contributed by atoms with Crippen LogP contribution < -0.4 is 15.1 Å². The molecule has 0 radical (unpaired) electrons. The van der Waals surface area contributed by atoms with E-state index in [1.165, 1.54) is 0 Å². The number of carbonyl (C=O) groups excluding carboxylic acids is 2. The van der Waals surface area contributed by atoms with Gasteiger partial charge in [-0.2, -0.15) is 0 Å². The van der Waals surface area contributed by atoms with E-state index in [-0.39, 0.29) is 11.8 Å². The first-order chi connectivity index (χ1) is 11.7. The van der Waals surface area contributed by atoms with E-state index >= 15 is 0 Å². The molecule has 0 saturated heterocycles. The van der Waals surface area contributed by atoms with Crippen molar-refractivity contribution < 1.29 is 9.59 Å². The van der Waals surface area contributed by atoms with Crippen LogP contribution in [0.15, 0.2) is 42.5 Å². The topological polar surface area (TPSA) is 52.7 Å². The Morgan fingerprint density at radius 2 is 1.72 bits per heavy atom. The molecule has 1 N–H and O–H groups in total. The number of carbonyl (C=O) groups is 2. The number of benzene rings is 2. The summed E-state index contributed by atoms with van der Waals surface area (Å²) in [7, 11) is 5.69. The van der Waals surface area contributed by atoms with Crippen LogP contribution in [0.25, 0.3) is 0 Å². The number of anilines is 3. The van der Waals surface area contributed by atoms with Crippen molar-refractivity contribution in [2.45, 2.75) is 19.3 Å². The SMILES string of the molecule is CN(C)c1ccc(C(=O)Nc2ccc3c(c2)C(C)(C)C(=O)N3C)cc1. The Morgan fingerprint density at radius 1 is 1.08 bits per heavy atom. The molecular formula is C20H23N3O2. The monoisotopic (exact) mass is 337 g/mol. The number of amides is 2. The predicted octanol–water partition coefficient (Wildman–Crippen LogP) is 3.26. The molecule has 25 heavy (non-hydrogen) atoms. The van der Waals surface area contributed by atoms with E-state index in [0.717, 1.165) is 16.9 Å². The van der Waals surface area contributed by atoms with E-state index < -0.39 is 5.41 Å². The summed E-state index contributed by atoms with van der Waals surface area (Å²) in [6.07, 6.45) is 0. The first-order valence-electron chi connectivity index (χ1n) is 8.23. The van der Waals surface area contributed by atoms with Crippen LogP contribution in [0.5, 0.6) is 0 Å². The summed E-state index contributed by atoms with van der Waals surface area (Å²) in [5.74, 6) is -0.106. The minimum absolute atomic E-state index is 0.0604. The summed E-state index contributed by atoms with van der Waals surface area (Å²) in [6, 6.07) is 13.0. The molecule has 1 aliphatic rings. The molecule has 1 heterocycles. The van der Waals surface area contributed by atoms with Gasteiger partial charge in [0.25, 0.3) is 5.91 Å². The number of nitrogens with zero attached hydrogens (tertiary/aromatic N) is 2. The van der Waals surface area contributed by atoms with E-state index in [1.807, 2.05) is 63.2 Å². The van der Waals surface area contributed by atoms with Gasteiger partial charge in [0, 0.05) is 43.8 Å². The van der Waals surface area contributed by atoms with Crippen molar-refractivity contribution in [3.8, 4) is 0 Å². The van der Waals surface area contributed by atoms with Gasteiger partial charge in [-0.25, -0.2) is 0 Å². The molecule has 130 valence electrons. The number of rotatable bonds is 3. The highest BCUT2D eigenvalue weighted by Crippen LogP contribution is 2.41. The molecule has 5 heteroatoms. The molecule has 2 aromatic carbocycles. The molecule has 3 rings (SSSR count). The normalized spacial score (nSPS) is 15.1. The fraction of sp³-hybridized carbons (Fsp3) is 0.300. The van der Waals surface area contributed by atoms with Gasteiger partial charge in [0.05, 0.1) is 5.41 Å². The second kappa shape index (κ2) is 5.92. The zero-order chi connectivity index (χ0) is 18.4. The lowest BCUT2D eigenvalue weighted by Gasteiger charge is -2.17. The van der Waals surface area contributed by atoms with Crippen LogP contribution in [0.4, 0.5) is 17.1 Å². The smallest absolute Gasteiger partial charge is 0.255 e. The van der Waals surface area contributed by atoms with Crippen molar-refractivity contribution in [2.75, 3.05) is 36.3 Å². The number of nitrogens with one attached hydrogen (secondary N) is 1. The maximum Gasteiger partial charge on any atom is 0.255 e. The maximum absolute atomic E-state index is 12.5. The molecule has 0 atom stereocenters. The molecule has 2 aromatic rings. The Hall–Kier alpha value is -2.82. The van der Waals surface area contributed by atoms with Gasteiger partial charge in [0.15, 0.2) is 0 Å². The summed E-state index contributed by atoms with van der Waals surface area (Å²) in [4.78, 5) is 28.5. The van der Waals surface area contributed by atoms with Gasteiger partial charge >= 0.3 is 0 Å².